The molecule has 1 aliphatic rings. The Kier molecular flexibility index (Phi) is 5.84. The number of nitrogens with one attached hydrogen (secondary N) is 1. The van der Waals surface area contributed by atoms with Gasteiger partial charge in [-0.3, -0.25) is 0 Å². The fourth-order valence-electron chi connectivity index (χ4n) is 2.02. The molecule has 1 aliphatic heterocycles. The third-order valence-corrected chi connectivity index (χ3v) is 4.92. The van der Waals surface area contributed by atoms with E-state index in [1.807, 2.05) is 0 Å². The van der Waals surface area contributed by atoms with Gasteiger partial charge in [-0.15, -0.1) is 0 Å². The van der Waals surface area contributed by atoms with Crippen LogP contribution in [0.4, 0.5) is 0 Å². The largest absolute Gasteiger partial charge is 0.486 e. The van der Waals surface area contributed by atoms with E-state index in [9.17, 15) is 8.42 Å². The lowest BCUT2D eigenvalue weighted by Gasteiger charge is -2.18. The number of methoxy groups -OCH3 is 1. The fourth-order valence-corrected chi connectivity index (χ4v) is 3.34. The number of fused-ring (bicyclic) bond motifs is 1. The zero-order valence-electron chi connectivity index (χ0n) is 12.1. The van der Waals surface area contributed by atoms with Gasteiger partial charge in [0.25, 0.3) is 0 Å². The average Bonchev–Trinajstić information content (AvgIpc) is 2.50. The normalized spacial score (nSPS) is 14.1. The molecule has 118 valence electrons. The lowest BCUT2D eigenvalue weighted by molar-refractivity contribution is 0.171. The molecule has 0 saturated carbocycles. The zero-order valence-corrected chi connectivity index (χ0v) is 12.9. The quantitative estimate of drug-likeness (QED) is 0.717. The van der Waals surface area contributed by atoms with Crippen LogP contribution in [0.2, 0.25) is 0 Å². The molecule has 2 rings (SSSR count). The maximum atomic E-state index is 12.3. The predicted octanol–water partition coefficient (Wildman–Crippen LogP) is 0.858. The van der Waals surface area contributed by atoms with E-state index in [-0.39, 0.29) is 10.6 Å². The van der Waals surface area contributed by atoms with Crippen LogP contribution < -0.4 is 14.8 Å². The van der Waals surface area contributed by atoms with Crippen LogP contribution in [0.15, 0.2) is 23.1 Å². The van der Waals surface area contributed by atoms with E-state index < -0.39 is 9.84 Å². The molecule has 7 heteroatoms. The SMILES string of the molecule is COCCNCCCS(=O)(=O)c1ccc2c(c1)OCCO2. The van der Waals surface area contributed by atoms with Crippen LogP contribution in [-0.2, 0) is 14.6 Å². The third-order valence-electron chi connectivity index (χ3n) is 3.12. The first-order valence-electron chi connectivity index (χ1n) is 6.95. The van der Waals surface area contributed by atoms with Gasteiger partial charge in [0.1, 0.15) is 13.2 Å². The Morgan fingerprint density at radius 3 is 2.71 bits per heavy atom. The zero-order chi connectivity index (χ0) is 15.1. The first-order valence-corrected chi connectivity index (χ1v) is 8.61. The van der Waals surface area contributed by atoms with Crippen LogP contribution in [0.25, 0.3) is 0 Å². The summed E-state index contributed by atoms with van der Waals surface area (Å²) in [6.45, 7) is 2.93. The van der Waals surface area contributed by atoms with Crippen molar-refractivity contribution in [1.82, 2.24) is 5.32 Å². The van der Waals surface area contributed by atoms with Gasteiger partial charge in [-0.05, 0) is 25.1 Å². The van der Waals surface area contributed by atoms with E-state index >= 15 is 0 Å². The van der Waals surface area contributed by atoms with Gasteiger partial charge in [0.05, 0.1) is 17.3 Å². The number of hydrogen-bond acceptors (Lipinski definition) is 6. The second-order valence-corrected chi connectivity index (χ2v) is 6.83. The summed E-state index contributed by atoms with van der Waals surface area (Å²) in [6.07, 6.45) is 0.556. The van der Waals surface area contributed by atoms with Crippen LogP contribution in [0.1, 0.15) is 6.42 Å². The topological polar surface area (TPSA) is 73.9 Å². The monoisotopic (exact) mass is 315 g/mol. The first kappa shape index (κ1) is 16.1. The van der Waals surface area contributed by atoms with Crippen molar-refractivity contribution in [3.05, 3.63) is 18.2 Å². The molecule has 21 heavy (non-hydrogen) atoms. The highest BCUT2D eigenvalue weighted by Gasteiger charge is 2.19. The molecule has 0 aromatic heterocycles. The molecule has 0 saturated heterocycles. The number of hydrogen-bond donors (Lipinski definition) is 1. The van der Waals surface area contributed by atoms with Crippen molar-refractivity contribution in [2.45, 2.75) is 11.3 Å². The molecule has 0 unspecified atom stereocenters. The van der Waals surface area contributed by atoms with Crippen LogP contribution in [0.3, 0.4) is 0 Å². The lowest BCUT2D eigenvalue weighted by Crippen LogP contribution is -2.22. The highest BCUT2D eigenvalue weighted by atomic mass is 32.2. The van der Waals surface area contributed by atoms with Gasteiger partial charge in [0.15, 0.2) is 21.3 Å². The molecule has 0 radical (unpaired) electrons. The fraction of sp³-hybridized carbons (Fsp3) is 0.571. The Labute approximate surface area is 125 Å². The van der Waals surface area contributed by atoms with Gasteiger partial charge < -0.3 is 19.5 Å². The molecular weight excluding hydrogens is 294 g/mol. The van der Waals surface area contributed by atoms with Gasteiger partial charge >= 0.3 is 0 Å². The second-order valence-electron chi connectivity index (χ2n) is 4.72. The van der Waals surface area contributed by atoms with Crippen LogP contribution in [-0.4, -0.2) is 54.2 Å². The summed E-state index contributed by atoms with van der Waals surface area (Å²) >= 11 is 0. The van der Waals surface area contributed by atoms with Crippen molar-refractivity contribution in [3.63, 3.8) is 0 Å². The average molecular weight is 315 g/mol. The van der Waals surface area contributed by atoms with E-state index in [4.69, 9.17) is 14.2 Å². The van der Waals surface area contributed by atoms with E-state index in [0.29, 0.717) is 44.3 Å². The highest BCUT2D eigenvalue weighted by molar-refractivity contribution is 7.91. The van der Waals surface area contributed by atoms with Crippen molar-refractivity contribution in [2.24, 2.45) is 0 Å². The first-order chi connectivity index (χ1) is 10.1. The van der Waals surface area contributed by atoms with Crippen molar-refractivity contribution >= 4 is 9.84 Å². The minimum absolute atomic E-state index is 0.104. The van der Waals surface area contributed by atoms with E-state index in [1.54, 1.807) is 25.3 Å². The van der Waals surface area contributed by atoms with Crippen LogP contribution in [0, 0.1) is 0 Å². The third kappa shape index (κ3) is 4.59. The smallest absolute Gasteiger partial charge is 0.178 e. The van der Waals surface area contributed by atoms with Gasteiger partial charge in [-0.25, -0.2) is 8.42 Å². The van der Waals surface area contributed by atoms with E-state index in [0.717, 1.165) is 6.54 Å². The van der Waals surface area contributed by atoms with Gasteiger partial charge in [-0.2, -0.15) is 0 Å². The second kappa shape index (κ2) is 7.63. The highest BCUT2D eigenvalue weighted by Crippen LogP contribution is 2.32. The van der Waals surface area contributed by atoms with Gasteiger partial charge in [-0.1, -0.05) is 0 Å². The summed E-state index contributed by atoms with van der Waals surface area (Å²) in [6, 6.07) is 4.77. The summed E-state index contributed by atoms with van der Waals surface area (Å²) in [4.78, 5) is 0.281. The summed E-state index contributed by atoms with van der Waals surface area (Å²) < 4.78 is 40.2. The Bertz CT molecular complexity index is 558. The Balaban J connectivity index is 1.90. The Morgan fingerprint density at radius 1 is 1.19 bits per heavy atom. The lowest BCUT2D eigenvalue weighted by atomic mass is 10.3. The van der Waals surface area contributed by atoms with Crippen molar-refractivity contribution in [2.75, 3.05) is 45.8 Å². The summed E-state index contributed by atoms with van der Waals surface area (Å²) in [5.74, 6) is 1.20. The van der Waals surface area contributed by atoms with E-state index in [1.165, 1.54) is 0 Å². The summed E-state index contributed by atoms with van der Waals surface area (Å²) in [5, 5.41) is 3.13. The van der Waals surface area contributed by atoms with Crippen molar-refractivity contribution in [3.8, 4) is 11.5 Å². The Hall–Kier alpha value is -1.31. The molecule has 1 aromatic carbocycles. The number of ether oxygens (including phenoxy) is 3. The molecule has 0 amide bonds. The molecule has 0 fully saturated rings. The van der Waals surface area contributed by atoms with Crippen molar-refractivity contribution in [1.29, 1.82) is 0 Å². The van der Waals surface area contributed by atoms with Gasteiger partial charge in [0, 0.05) is 19.7 Å². The maximum absolute atomic E-state index is 12.3. The molecule has 0 spiro atoms. The molecule has 1 heterocycles. The summed E-state index contributed by atoms with van der Waals surface area (Å²) in [5.41, 5.74) is 0. The van der Waals surface area contributed by atoms with E-state index in [2.05, 4.69) is 5.32 Å². The number of rotatable bonds is 8. The van der Waals surface area contributed by atoms with Crippen LogP contribution in [0.5, 0.6) is 11.5 Å². The molecule has 1 N–H and O–H groups in total. The predicted molar refractivity (Wildman–Crippen MR) is 78.8 cm³/mol. The number of sulfone groups is 1. The molecule has 0 atom stereocenters. The summed E-state index contributed by atoms with van der Waals surface area (Å²) in [7, 11) is -1.66. The van der Waals surface area contributed by atoms with Crippen LogP contribution >= 0.6 is 0 Å². The molecule has 0 aliphatic carbocycles. The minimum Gasteiger partial charge on any atom is -0.486 e. The van der Waals surface area contributed by atoms with Crippen molar-refractivity contribution < 1.29 is 22.6 Å². The Morgan fingerprint density at radius 2 is 1.95 bits per heavy atom. The molecule has 6 nitrogen and oxygen atoms in total. The molecular formula is C14H21NO5S. The molecule has 1 aromatic rings. The van der Waals surface area contributed by atoms with Gasteiger partial charge in [0.2, 0.25) is 0 Å². The molecule has 0 bridgehead atoms. The maximum Gasteiger partial charge on any atom is 0.178 e. The minimum atomic E-state index is -3.29. The number of benzene rings is 1. The standard InChI is InChI=1S/C14H21NO5S/c1-18-7-6-15-5-2-10-21(16,17)12-3-4-13-14(11-12)20-9-8-19-13/h3-4,11,15H,2,5-10H2,1H3.